The zero-order valence-corrected chi connectivity index (χ0v) is 11.5. The lowest BCUT2D eigenvalue weighted by Gasteiger charge is -2.20. The molecule has 0 spiro atoms. The van der Waals surface area contributed by atoms with Gasteiger partial charge >= 0.3 is 6.03 Å². The summed E-state index contributed by atoms with van der Waals surface area (Å²) in [5, 5.41) is 15.3. The van der Waals surface area contributed by atoms with E-state index in [1.165, 1.54) is 0 Å². The molecule has 5 nitrogen and oxygen atoms in total. The second-order valence-electron chi connectivity index (χ2n) is 5.62. The largest absolute Gasteiger partial charge is 0.389 e. The van der Waals surface area contributed by atoms with Crippen LogP contribution in [0.5, 0.6) is 0 Å². The van der Waals surface area contributed by atoms with Crippen molar-refractivity contribution in [1.29, 1.82) is 0 Å². The summed E-state index contributed by atoms with van der Waals surface area (Å²) in [6.45, 7) is 1.70. The lowest BCUT2D eigenvalue weighted by Crippen LogP contribution is -2.43. The van der Waals surface area contributed by atoms with E-state index < -0.39 is 6.10 Å². The van der Waals surface area contributed by atoms with Crippen molar-refractivity contribution in [1.82, 2.24) is 5.32 Å². The number of nitrogens with one attached hydrogen (secondary N) is 2. The third-order valence-electron chi connectivity index (χ3n) is 4.05. The molecule has 108 valence electrons. The lowest BCUT2D eigenvalue weighted by atomic mass is 9.96. The highest BCUT2D eigenvalue weighted by molar-refractivity contribution is 5.89. The Hall–Kier alpha value is -1.59. The van der Waals surface area contributed by atoms with Crippen molar-refractivity contribution >= 4 is 11.7 Å². The van der Waals surface area contributed by atoms with Crippen molar-refractivity contribution in [2.24, 2.45) is 0 Å². The van der Waals surface area contributed by atoms with Gasteiger partial charge in [0.25, 0.3) is 0 Å². The highest BCUT2D eigenvalue weighted by atomic mass is 16.5. The predicted octanol–water partition coefficient (Wildman–Crippen LogP) is 2.18. The van der Waals surface area contributed by atoms with E-state index in [4.69, 9.17) is 4.74 Å². The van der Waals surface area contributed by atoms with Gasteiger partial charge in [-0.15, -0.1) is 0 Å². The van der Waals surface area contributed by atoms with E-state index >= 15 is 0 Å². The maximum atomic E-state index is 12.0. The average Bonchev–Trinajstić information content (AvgIpc) is 3.01. The monoisotopic (exact) mass is 276 g/mol. The average molecular weight is 276 g/mol. The van der Waals surface area contributed by atoms with E-state index in [9.17, 15) is 9.90 Å². The molecule has 5 heteroatoms. The Balaban J connectivity index is 1.57. The fourth-order valence-corrected chi connectivity index (χ4v) is 3.00. The summed E-state index contributed by atoms with van der Waals surface area (Å²) in [4.78, 5) is 12.0. The number of rotatable bonds is 3. The number of fused-ring (bicyclic) bond motifs is 2. The molecule has 2 saturated heterocycles. The fourth-order valence-electron chi connectivity index (χ4n) is 3.00. The normalized spacial score (nSPS) is 29.2. The smallest absolute Gasteiger partial charge is 0.319 e. The van der Waals surface area contributed by atoms with E-state index in [2.05, 4.69) is 10.6 Å². The first-order valence-corrected chi connectivity index (χ1v) is 7.13. The number of carbonyl (C=O) groups is 1. The Morgan fingerprint density at radius 2 is 2.30 bits per heavy atom. The minimum atomic E-state index is -0.543. The number of anilines is 1. The van der Waals surface area contributed by atoms with Crippen molar-refractivity contribution in [3.63, 3.8) is 0 Å². The van der Waals surface area contributed by atoms with Gasteiger partial charge in [0.2, 0.25) is 0 Å². The number of ether oxygens (including phenoxy) is 1. The SMILES string of the molecule is CC(O)c1cccc(NC(=O)NC2CC3CCC2O3)c1. The zero-order chi connectivity index (χ0) is 14.1. The van der Waals surface area contributed by atoms with E-state index in [-0.39, 0.29) is 18.2 Å². The maximum absolute atomic E-state index is 12.0. The van der Waals surface area contributed by atoms with Crippen LogP contribution < -0.4 is 10.6 Å². The molecule has 2 fully saturated rings. The van der Waals surface area contributed by atoms with Crippen molar-refractivity contribution in [3.8, 4) is 0 Å². The van der Waals surface area contributed by atoms with Gasteiger partial charge in [-0.05, 0) is 43.9 Å². The van der Waals surface area contributed by atoms with E-state index in [0.717, 1.165) is 24.8 Å². The summed E-state index contributed by atoms with van der Waals surface area (Å²) < 4.78 is 5.71. The summed E-state index contributed by atoms with van der Waals surface area (Å²) in [6.07, 6.45) is 3.01. The van der Waals surface area contributed by atoms with Crippen molar-refractivity contribution < 1.29 is 14.6 Å². The molecule has 4 atom stereocenters. The molecule has 3 N–H and O–H groups in total. The first-order valence-electron chi connectivity index (χ1n) is 7.13. The topological polar surface area (TPSA) is 70.6 Å². The molecular weight excluding hydrogens is 256 g/mol. The number of carbonyl (C=O) groups excluding carboxylic acids is 1. The molecule has 2 amide bonds. The summed E-state index contributed by atoms with van der Waals surface area (Å²) in [7, 11) is 0. The van der Waals surface area contributed by atoms with Gasteiger partial charge in [0.15, 0.2) is 0 Å². The zero-order valence-electron chi connectivity index (χ0n) is 11.5. The van der Waals surface area contributed by atoms with Crippen LogP contribution in [0.15, 0.2) is 24.3 Å². The van der Waals surface area contributed by atoms with Gasteiger partial charge in [-0.3, -0.25) is 0 Å². The second-order valence-corrected chi connectivity index (χ2v) is 5.62. The van der Waals surface area contributed by atoms with Crippen LogP contribution in [-0.4, -0.2) is 29.4 Å². The van der Waals surface area contributed by atoms with Crippen LogP contribution in [0.4, 0.5) is 10.5 Å². The summed E-state index contributed by atoms with van der Waals surface area (Å²) in [6, 6.07) is 7.14. The number of urea groups is 1. The Labute approximate surface area is 118 Å². The fraction of sp³-hybridized carbons (Fsp3) is 0.533. The maximum Gasteiger partial charge on any atom is 0.319 e. The summed E-state index contributed by atoms with van der Waals surface area (Å²) >= 11 is 0. The molecule has 1 aromatic rings. The van der Waals surface area contributed by atoms with Crippen LogP contribution in [0.1, 0.15) is 37.9 Å². The van der Waals surface area contributed by atoms with Gasteiger partial charge in [0.1, 0.15) is 0 Å². The second kappa shape index (κ2) is 5.42. The van der Waals surface area contributed by atoms with E-state index in [1.807, 2.05) is 18.2 Å². The molecule has 0 saturated carbocycles. The summed E-state index contributed by atoms with van der Waals surface area (Å²) in [5.41, 5.74) is 1.47. The first-order chi connectivity index (χ1) is 9.61. The number of hydrogen-bond acceptors (Lipinski definition) is 3. The Morgan fingerprint density at radius 1 is 1.45 bits per heavy atom. The quantitative estimate of drug-likeness (QED) is 0.792. The minimum Gasteiger partial charge on any atom is -0.389 e. The van der Waals surface area contributed by atoms with E-state index in [0.29, 0.717) is 11.8 Å². The molecule has 0 aromatic heterocycles. The van der Waals surface area contributed by atoms with Crippen molar-refractivity contribution in [3.05, 3.63) is 29.8 Å². The van der Waals surface area contributed by atoms with Crippen molar-refractivity contribution in [2.45, 2.75) is 50.5 Å². The molecule has 1 aromatic carbocycles. The van der Waals surface area contributed by atoms with Crippen LogP contribution >= 0.6 is 0 Å². The molecular formula is C15H20N2O3. The van der Waals surface area contributed by atoms with Gasteiger partial charge in [-0.25, -0.2) is 4.79 Å². The molecule has 2 bridgehead atoms. The van der Waals surface area contributed by atoms with Gasteiger partial charge in [-0.1, -0.05) is 12.1 Å². The van der Waals surface area contributed by atoms with Gasteiger partial charge in [0, 0.05) is 5.69 Å². The highest BCUT2D eigenvalue weighted by Crippen LogP contribution is 2.34. The standard InChI is InChI=1S/C15H20N2O3/c1-9(18)10-3-2-4-11(7-10)16-15(19)17-13-8-12-5-6-14(13)20-12/h2-4,7,9,12-14,18H,5-6,8H2,1H3,(H2,16,17,19). The first kappa shape index (κ1) is 13.4. The number of amides is 2. The molecule has 0 radical (unpaired) electrons. The third kappa shape index (κ3) is 2.78. The Bertz CT molecular complexity index is 504. The number of hydrogen-bond donors (Lipinski definition) is 3. The highest BCUT2D eigenvalue weighted by Gasteiger charge is 2.41. The third-order valence-corrected chi connectivity index (χ3v) is 4.05. The van der Waals surface area contributed by atoms with Gasteiger partial charge < -0.3 is 20.5 Å². The molecule has 0 aliphatic carbocycles. The number of aliphatic hydroxyl groups excluding tert-OH is 1. The molecule has 2 heterocycles. The Morgan fingerprint density at radius 3 is 2.95 bits per heavy atom. The summed E-state index contributed by atoms with van der Waals surface area (Å²) in [5.74, 6) is 0. The van der Waals surface area contributed by atoms with Crippen LogP contribution in [0.25, 0.3) is 0 Å². The van der Waals surface area contributed by atoms with Gasteiger partial charge in [0.05, 0.1) is 24.4 Å². The molecule has 2 aliphatic rings. The van der Waals surface area contributed by atoms with E-state index in [1.54, 1.807) is 13.0 Å². The number of benzene rings is 1. The Kier molecular flexibility index (Phi) is 3.63. The van der Waals surface area contributed by atoms with Crippen LogP contribution in [0.3, 0.4) is 0 Å². The van der Waals surface area contributed by atoms with Crippen LogP contribution in [0, 0.1) is 0 Å². The van der Waals surface area contributed by atoms with Crippen LogP contribution in [-0.2, 0) is 4.74 Å². The molecule has 2 aliphatic heterocycles. The number of aliphatic hydroxyl groups is 1. The van der Waals surface area contributed by atoms with Crippen molar-refractivity contribution in [2.75, 3.05) is 5.32 Å². The predicted molar refractivity (Wildman–Crippen MR) is 75.5 cm³/mol. The van der Waals surface area contributed by atoms with Gasteiger partial charge in [-0.2, -0.15) is 0 Å². The molecule has 4 unspecified atom stereocenters. The minimum absolute atomic E-state index is 0.119. The lowest BCUT2D eigenvalue weighted by molar-refractivity contribution is 0.0984. The van der Waals surface area contributed by atoms with Crippen LogP contribution in [0.2, 0.25) is 0 Å². The molecule has 3 rings (SSSR count). The molecule has 20 heavy (non-hydrogen) atoms.